The van der Waals surface area contributed by atoms with Gasteiger partial charge in [0, 0.05) is 15.8 Å². The lowest BCUT2D eigenvalue weighted by Gasteiger charge is -2.07. The van der Waals surface area contributed by atoms with Crippen molar-refractivity contribution in [3.05, 3.63) is 72.9 Å². The number of methoxy groups -OCH3 is 1. The maximum atomic E-state index is 6.26. The van der Waals surface area contributed by atoms with Crippen molar-refractivity contribution >= 4 is 40.5 Å². The van der Waals surface area contributed by atoms with Crippen LogP contribution in [0.3, 0.4) is 0 Å². The van der Waals surface area contributed by atoms with Gasteiger partial charge >= 0.3 is 0 Å². The van der Waals surface area contributed by atoms with E-state index in [1.54, 1.807) is 13.3 Å². The molecule has 0 atom stereocenters. The third kappa shape index (κ3) is 3.54. The van der Waals surface area contributed by atoms with Gasteiger partial charge in [0.05, 0.1) is 24.7 Å². The number of hydrogen-bond acceptors (Lipinski definition) is 6. The molecule has 0 aliphatic carbocycles. The highest BCUT2D eigenvalue weighted by Gasteiger charge is 2.07. The largest absolute Gasteiger partial charge is 0.497 e. The van der Waals surface area contributed by atoms with E-state index >= 15 is 0 Å². The number of fused-ring (bicyclic) bond motifs is 1. The van der Waals surface area contributed by atoms with Crippen LogP contribution in [-0.4, -0.2) is 12.1 Å². The Morgan fingerprint density at radius 1 is 0.929 bits per heavy atom. The molecule has 0 saturated heterocycles. The first kappa shape index (κ1) is 18.0. The number of ether oxygens (including phenoxy) is 1. The number of nitrogen functional groups attached to an aromatic ring is 1. The summed E-state index contributed by atoms with van der Waals surface area (Å²) in [4.78, 5) is 5.28. The highest BCUT2D eigenvalue weighted by atomic mass is 32.1. The minimum Gasteiger partial charge on any atom is -0.497 e. The average Bonchev–Trinajstić information content (AvgIpc) is 2.76. The average molecular weight is 386 g/mol. The van der Waals surface area contributed by atoms with Crippen LogP contribution in [-0.2, 0) is 0 Å². The van der Waals surface area contributed by atoms with Gasteiger partial charge in [-0.25, -0.2) is 0 Å². The molecule has 0 amide bonds. The van der Waals surface area contributed by atoms with Gasteiger partial charge in [-0.2, -0.15) is 0 Å². The maximum Gasteiger partial charge on any atom is 0.119 e. The van der Waals surface area contributed by atoms with Crippen LogP contribution in [0.4, 0.5) is 17.1 Å². The molecule has 0 radical (unpaired) electrons. The van der Waals surface area contributed by atoms with Crippen molar-refractivity contribution in [3.63, 3.8) is 0 Å². The lowest BCUT2D eigenvalue weighted by Crippen LogP contribution is -1.89. The van der Waals surface area contributed by atoms with Crippen molar-refractivity contribution in [1.82, 2.24) is 4.98 Å². The Morgan fingerprint density at radius 2 is 1.75 bits per heavy atom. The minimum absolute atomic E-state index is 0.582. The van der Waals surface area contributed by atoms with E-state index in [9.17, 15) is 0 Å². The van der Waals surface area contributed by atoms with Crippen LogP contribution in [0.15, 0.2) is 88.1 Å². The van der Waals surface area contributed by atoms with Gasteiger partial charge in [0.2, 0.25) is 0 Å². The van der Waals surface area contributed by atoms with Crippen LogP contribution in [0.1, 0.15) is 0 Å². The molecule has 0 aliphatic heterocycles. The topological polar surface area (TPSA) is 72.9 Å². The summed E-state index contributed by atoms with van der Waals surface area (Å²) < 4.78 is 5.26. The van der Waals surface area contributed by atoms with Crippen molar-refractivity contribution in [2.45, 2.75) is 4.90 Å². The molecule has 4 aromatic rings. The number of anilines is 1. The van der Waals surface area contributed by atoms with E-state index < -0.39 is 0 Å². The van der Waals surface area contributed by atoms with E-state index in [1.807, 2.05) is 66.7 Å². The van der Waals surface area contributed by atoms with Crippen molar-refractivity contribution in [2.75, 3.05) is 12.8 Å². The second-order valence-corrected chi connectivity index (χ2v) is 6.69. The zero-order valence-electron chi connectivity index (χ0n) is 15.2. The van der Waals surface area contributed by atoms with Crippen LogP contribution in [0.2, 0.25) is 0 Å². The molecule has 1 aromatic heterocycles. The molecule has 5 nitrogen and oxygen atoms in total. The number of hydrogen-bond donors (Lipinski definition) is 2. The summed E-state index contributed by atoms with van der Waals surface area (Å²) in [7, 11) is 1.64. The molecule has 0 fully saturated rings. The minimum atomic E-state index is 0.582. The fraction of sp³-hybridized carbons (Fsp3) is 0.0455. The Kier molecular flexibility index (Phi) is 4.95. The highest BCUT2D eigenvalue weighted by molar-refractivity contribution is 7.80. The number of benzene rings is 3. The summed E-state index contributed by atoms with van der Waals surface area (Å²) in [6, 6.07) is 21.2. The summed E-state index contributed by atoms with van der Waals surface area (Å²) >= 11 is 4.54. The number of nitrogens with zero attached hydrogens (tertiary/aromatic N) is 3. The number of aromatic nitrogens is 1. The van der Waals surface area contributed by atoms with Crippen molar-refractivity contribution in [1.29, 1.82) is 0 Å². The molecule has 0 unspecified atom stereocenters. The zero-order chi connectivity index (χ0) is 19.5. The van der Waals surface area contributed by atoms with Crippen LogP contribution in [0.5, 0.6) is 5.75 Å². The van der Waals surface area contributed by atoms with Gasteiger partial charge in [-0.05, 0) is 35.7 Å². The fourth-order valence-corrected chi connectivity index (χ4v) is 3.27. The predicted octanol–water partition coefficient (Wildman–Crippen LogP) is 6.20. The van der Waals surface area contributed by atoms with E-state index in [0.29, 0.717) is 17.1 Å². The maximum absolute atomic E-state index is 6.26. The molecule has 6 heteroatoms. The van der Waals surface area contributed by atoms with E-state index in [-0.39, 0.29) is 0 Å². The molecule has 4 rings (SSSR count). The first-order chi connectivity index (χ1) is 13.7. The molecule has 28 heavy (non-hydrogen) atoms. The van der Waals surface area contributed by atoms with Crippen LogP contribution >= 0.6 is 12.6 Å². The number of rotatable bonds is 4. The summed E-state index contributed by atoms with van der Waals surface area (Å²) in [5.41, 5.74) is 9.88. The Morgan fingerprint density at radius 3 is 2.50 bits per heavy atom. The molecule has 0 aliphatic rings. The Hall–Kier alpha value is -3.38. The van der Waals surface area contributed by atoms with Gasteiger partial charge in [0.15, 0.2) is 0 Å². The summed E-state index contributed by atoms with van der Waals surface area (Å²) in [6.07, 6.45) is 1.68. The zero-order valence-corrected chi connectivity index (χ0v) is 16.1. The molecule has 0 bridgehead atoms. The molecular weight excluding hydrogens is 368 g/mol. The number of pyridine rings is 1. The van der Waals surface area contributed by atoms with Gasteiger partial charge < -0.3 is 10.5 Å². The number of azo groups is 1. The van der Waals surface area contributed by atoms with Gasteiger partial charge in [-0.3, -0.25) is 4.98 Å². The summed E-state index contributed by atoms with van der Waals surface area (Å²) in [5, 5.41) is 10.5. The highest BCUT2D eigenvalue weighted by Crippen LogP contribution is 2.36. The van der Waals surface area contributed by atoms with Gasteiger partial charge in [-0.15, -0.1) is 22.9 Å². The normalized spacial score (nSPS) is 11.2. The monoisotopic (exact) mass is 386 g/mol. The Bertz CT molecular complexity index is 1170. The van der Waals surface area contributed by atoms with E-state index in [2.05, 4.69) is 27.8 Å². The van der Waals surface area contributed by atoms with Gasteiger partial charge in [-0.1, -0.05) is 36.4 Å². The summed E-state index contributed by atoms with van der Waals surface area (Å²) in [6.45, 7) is 0. The SMILES string of the molecule is COc1cccc(-c2ccc(/N=N/c3cc(S)c4ccccc4c3N)cn2)c1. The lowest BCUT2D eigenvalue weighted by atomic mass is 10.1. The van der Waals surface area contributed by atoms with Crippen LogP contribution < -0.4 is 10.5 Å². The number of thiol groups is 1. The fourth-order valence-electron chi connectivity index (χ4n) is 2.96. The van der Waals surface area contributed by atoms with Crippen molar-refractivity contribution < 1.29 is 4.74 Å². The lowest BCUT2D eigenvalue weighted by molar-refractivity contribution is 0.415. The van der Waals surface area contributed by atoms with E-state index in [0.717, 1.165) is 32.7 Å². The molecule has 2 N–H and O–H groups in total. The standard InChI is InChI=1S/C22H18N4OS/c1-27-16-6-4-5-14(11-16)19-10-9-15(13-24-19)25-26-20-12-21(28)17-7-2-3-8-18(17)22(20)23/h2-13,28H,23H2,1H3/b26-25+. The first-order valence-corrected chi connectivity index (χ1v) is 9.13. The number of nitrogens with two attached hydrogens (primary N) is 1. The Balaban J connectivity index is 1.62. The van der Waals surface area contributed by atoms with Crippen LogP contribution in [0.25, 0.3) is 22.0 Å². The molecule has 3 aromatic carbocycles. The summed E-state index contributed by atoms with van der Waals surface area (Å²) in [5.74, 6) is 0.789. The molecule has 138 valence electrons. The predicted molar refractivity (Wildman–Crippen MR) is 116 cm³/mol. The smallest absolute Gasteiger partial charge is 0.119 e. The van der Waals surface area contributed by atoms with Crippen molar-refractivity contribution in [3.8, 4) is 17.0 Å². The molecule has 0 spiro atoms. The third-order valence-corrected chi connectivity index (χ3v) is 4.80. The second-order valence-electron chi connectivity index (χ2n) is 6.21. The van der Waals surface area contributed by atoms with E-state index in [1.165, 1.54) is 0 Å². The quantitative estimate of drug-likeness (QED) is 0.249. The third-order valence-electron chi connectivity index (χ3n) is 4.43. The Labute approximate surface area is 168 Å². The van der Waals surface area contributed by atoms with Crippen molar-refractivity contribution in [2.24, 2.45) is 10.2 Å². The van der Waals surface area contributed by atoms with Gasteiger partial charge in [0.1, 0.15) is 17.1 Å². The second kappa shape index (κ2) is 7.70. The molecule has 0 saturated carbocycles. The van der Waals surface area contributed by atoms with Gasteiger partial charge in [0.25, 0.3) is 0 Å². The first-order valence-electron chi connectivity index (χ1n) is 8.68. The van der Waals surface area contributed by atoms with Crippen LogP contribution in [0, 0.1) is 0 Å². The molecule has 1 heterocycles. The van der Waals surface area contributed by atoms with E-state index in [4.69, 9.17) is 10.5 Å². The molecular formula is C22H18N4OS.